The summed E-state index contributed by atoms with van der Waals surface area (Å²) in [7, 11) is 0. The minimum atomic E-state index is 0.0708. The average molecular weight is 383 g/mol. The number of hydrogen-bond donors (Lipinski definition) is 1. The molecule has 2 aliphatic rings. The van der Waals surface area contributed by atoms with Crippen molar-refractivity contribution >= 4 is 23.0 Å². The molecule has 2 fully saturated rings. The fourth-order valence-corrected chi connectivity index (χ4v) is 4.31. The van der Waals surface area contributed by atoms with E-state index in [0.717, 1.165) is 68.7 Å². The molecule has 1 aromatic heterocycles. The summed E-state index contributed by atoms with van der Waals surface area (Å²) in [5.74, 6) is 1.00. The highest BCUT2D eigenvalue weighted by atomic mass is 16.2. The second-order valence-corrected chi connectivity index (χ2v) is 7.85. The fourth-order valence-electron chi connectivity index (χ4n) is 4.31. The molecule has 7 heteroatoms. The first kappa shape index (κ1) is 18.8. The molecule has 28 heavy (non-hydrogen) atoms. The summed E-state index contributed by atoms with van der Waals surface area (Å²) in [5.41, 5.74) is 2.04. The molecule has 0 unspecified atom stereocenters. The van der Waals surface area contributed by atoms with Crippen LogP contribution < -0.4 is 5.32 Å². The summed E-state index contributed by atoms with van der Waals surface area (Å²) < 4.78 is 2.10. The number of fused-ring (bicyclic) bond motifs is 1. The molecule has 0 bridgehead atoms. The molecule has 0 aliphatic carbocycles. The number of carbonyl (C=O) groups is 2. The first-order valence-corrected chi connectivity index (χ1v) is 10.4. The van der Waals surface area contributed by atoms with Crippen LogP contribution in [0.3, 0.4) is 0 Å². The monoisotopic (exact) mass is 383 g/mol. The van der Waals surface area contributed by atoms with Crippen molar-refractivity contribution in [1.29, 1.82) is 0 Å². The number of aromatic nitrogens is 2. The Hall–Kier alpha value is -2.57. The average Bonchev–Trinajstić information content (AvgIpc) is 3.34. The third-order valence-electron chi connectivity index (χ3n) is 5.92. The normalized spacial score (nSPS) is 18.0. The number of para-hydroxylation sites is 2. The maximum atomic E-state index is 12.5. The van der Waals surface area contributed by atoms with Gasteiger partial charge in [-0.2, -0.15) is 0 Å². The summed E-state index contributed by atoms with van der Waals surface area (Å²) in [4.78, 5) is 33.4. The highest BCUT2D eigenvalue weighted by molar-refractivity contribution is 5.78. The maximum Gasteiger partial charge on any atom is 0.319 e. The van der Waals surface area contributed by atoms with Crippen LogP contribution in [0.1, 0.15) is 37.9 Å². The van der Waals surface area contributed by atoms with Gasteiger partial charge in [-0.1, -0.05) is 12.1 Å². The molecule has 0 atom stereocenters. The Morgan fingerprint density at radius 3 is 2.50 bits per heavy atom. The van der Waals surface area contributed by atoms with Crippen LogP contribution in [-0.2, 0) is 11.3 Å². The number of rotatable bonds is 4. The van der Waals surface area contributed by atoms with Gasteiger partial charge >= 0.3 is 6.03 Å². The van der Waals surface area contributed by atoms with Crippen LogP contribution in [0.5, 0.6) is 0 Å². The second kappa shape index (κ2) is 8.20. The van der Waals surface area contributed by atoms with E-state index in [1.54, 1.807) is 0 Å². The van der Waals surface area contributed by atoms with Gasteiger partial charge in [0.05, 0.1) is 11.0 Å². The van der Waals surface area contributed by atoms with Gasteiger partial charge in [-0.25, -0.2) is 9.78 Å². The van der Waals surface area contributed by atoms with Crippen molar-refractivity contribution in [1.82, 2.24) is 24.7 Å². The van der Waals surface area contributed by atoms with Gasteiger partial charge in [0.15, 0.2) is 0 Å². The number of piperidine rings is 1. The van der Waals surface area contributed by atoms with Crippen LogP contribution >= 0.6 is 0 Å². The van der Waals surface area contributed by atoms with E-state index < -0.39 is 0 Å². The SMILES string of the molecule is Cc1nc2ccccc2n1CCC(=O)NC1CCN(C(=O)N2CCCC2)CC1. The Balaban J connectivity index is 1.24. The summed E-state index contributed by atoms with van der Waals surface area (Å²) in [6.07, 6.45) is 4.33. The smallest absolute Gasteiger partial charge is 0.319 e. The van der Waals surface area contributed by atoms with Crippen LogP contribution in [0, 0.1) is 6.92 Å². The molecule has 2 aliphatic heterocycles. The minimum Gasteiger partial charge on any atom is -0.353 e. The number of nitrogens with zero attached hydrogens (tertiary/aromatic N) is 4. The molecule has 2 aromatic rings. The lowest BCUT2D eigenvalue weighted by Gasteiger charge is -2.34. The highest BCUT2D eigenvalue weighted by Crippen LogP contribution is 2.17. The number of urea groups is 1. The second-order valence-electron chi connectivity index (χ2n) is 7.85. The maximum absolute atomic E-state index is 12.5. The van der Waals surface area contributed by atoms with Gasteiger partial charge in [-0.15, -0.1) is 0 Å². The number of benzene rings is 1. The molecule has 1 aromatic carbocycles. The zero-order valence-electron chi connectivity index (χ0n) is 16.6. The third-order valence-corrected chi connectivity index (χ3v) is 5.92. The standard InChI is InChI=1S/C21H29N5O2/c1-16-22-18-6-2-3-7-19(18)26(16)15-10-20(27)23-17-8-13-25(14-9-17)21(28)24-11-4-5-12-24/h2-3,6-7,17H,4-5,8-15H2,1H3,(H,23,27). The van der Waals surface area contributed by atoms with Crippen molar-refractivity contribution in [3.05, 3.63) is 30.1 Å². The van der Waals surface area contributed by atoms with Gasteiger partial charge in [0.2, 0.25) is 5.91 Å². The zero-order valence-corrected chi connectivity index (χ0v) is 16.6. The van der Waals surface area contributed by atoms with Crippen molar-refractivity contribution in [3.8, 4) is 0 Å². The lowest BCUT2D eigenvalue weighted by molar-refractivity contribution is -0.122. The van der Waals surface area contributed by atoms with Crippen LogP contribution in [-0.4, -0.2) is 63.5 Å². The quantitative estimate of drug-likeness (QED) is 0.882. The molecular weight excluding hydrogens is 354 g/mol. The Kier molecular flexibility index (Phi) is 5.50. The van der Waals surface area contributed by atoms with Gasteiger partial charge in [0.1, 0.15) is 5.82 Å². The topological polar surface area (TPSA) is 70.5 Å². The van der Waals surface area contributed by atoms with E-state index in [1.807, 2.05) is 41.0 Å². The number of imidazole rings is 1. The van der Waals surface area contributed by atoms with Crippen molar-refractivity contribution in [3.63, 3.8) is 0 Å². The first-order valence-electron chi connectivity index (χ1n) is 10.4. The van der Waals surface area contributed by atoms with Crippen molar-refractivity contribution in [2.75, 3.05) is 26.2 Å². The molecule has 3 heterocycles. The van der Waals surface area contributed by atoms with Crippen LogP contribution in [0.2, 0.25) is 0 Å². The van der Waals surface area contributed by atoms with E-state index in [2.05, 4.69) is 14.9 Å². The van der Waals surface area contributed by atoms with Crippen LogP contribution in [0.15, 0.2) is 24.3 Å². The number of likely N-dealkylation sites (tertiary alicyclic amines) is 2. The number of carbonyl (C=O) groups excluding carboxylic acids is 2. The molecule has 0 radical (unpaired) electrons. The lowest BCUT2D eigenvalue weighted by Crippen LogP contribution is -2.50. The fraction of sp³-hybridized carbons (Fsp3) is 0.571. The Morgan fingerprint density at radius 1 is 1.07 bits per heavy atom. The number of aryl methyl sites for hydroxylation is 2. The van der Waals surface area contributed by atoms with Gasteiger partial charge in [-0.3, -0.25) is 4.79 Å². The van der Waals surface area contributed by atoms with Gasteiger partial charge in [0, 0.05) is 45.2 Å². The summed E-state index contributed by atoms with van der Waals surface area (Å²) >= 11 is 0. The molecule has 150 valence electrons. The minimum absolute atomic E-state index is 0.0708. The first-order chi connectivity index (χ1) is 13.6. The Morgan fingerprint density at radius 2 is 1.75 bits per heavy atom. The van der Waals surface area contributed by atoms with E-state index in [4.69, 9.17) is 0 Å². The summed E-state index contributed by atoms with van der Waals surface area (Å²) in [6, 6.07) is 8.35. The van der Waals surface area contributed by atoms with Crippen molar-refractivity contribution < 1.29 is 9.59 Å². The van der Waals surface area contributed by atoms with Crippen LogP contribution in [0.4, 0.5) is 4.79 Å². The van der Waals surface area contributed by atoms with E-state index in [9.17, 15) is 9.59 Å². The van der Waals surface area contributed by atoms with Crippen LogP contribution in [0.25, 0.3) is 11.0 Å². The van der Waals surface area contributed by atoms with Gasteiger partial charge in [0.25, 0.3) is 0 Å². The number of nitrogens with one attached hydrogen (secondary N) is 1. The highest BCUT2D eigenvalue weighted by Gasteiger charge is 2.28. The van der Waals surface area contributed by atoms with Crippen molar-refractivity contribution in [2.45, 2.75) is 51.6 Å². The lowest BCUT2D eigenvalue weighted by atomic mass is 10.1. The largest absolute Gasteiger partial charge is 0.353 e. The molecule has 4 rings (SSSR count). The van der Waals surface area contributed by atoms with Gasteiger partial charge in [-0.05, 0) is 44.7 Å². The molecule has 1 N–H and O–H groups in total. The summed E-state index contributed by atoms with van der Waals surface area (Å²) in [5, 5.41) is 3.15. The van der Waals surface area contributed by atoms with E-state index in [1.165, 1.54) is 0 Å². The van der Waals surface area contributed by atoms with E-state index in [0.29, 0.717) is 13.0 Å². The number of amides is 3. The van der Waals surface area contributed by atoms with Gasteiger partial charge < -0.3 is 19.7 Å². The molecular formula is C21H29N5O2. The summed E-state index contributed by atoms with van der Waals surface area (Å²) in [6.45, 7) is 5.84. The molecule has 0 saturated carbocycles. The van der Waals surface area contributed by atoms with E-state index in [-0.39, 0.29) is 18.0 Å². The number of hydrogen-bond acceptors (Lipinski definition) is 3. The van der Waals surface area contributed by atoms with Crippen molar-refractivity contribution in [2.24, 2.45) is 0 Å². The predicted octanol–water partition coefficient (Wildman–Crippen LogP) is 2.53. The molecule has 7 nitrogen and oxygen atoms in total. The third kappa shape index (κ3) is 3.98. The van der Waals surface area contributed by atoms with E-state index >= 15 is 0 Å². The molecule has 3 amide bonds. The predicted molar refractivity (Wildman–Crippen MR) is 108 cm³/mol. The Bertz CT molecular complexity index is 848. The molecule has 2 saturated heterocycles. The molecule has 0 spiro atoms. The zero-order chi connectivity index (χ0) is 19.5. The Labute approximate surface area is 165 Å².